The van der Waals surface area contributed by atoms with E-state index >= 15 is 0 Å². The first kappa shape index (κ1) is 12.8. The van der Waals surface area contributed by atoms with Gasteiger partial charge in [-0.1, -0.05) is 15.9 Å². The number of hydrogen-bond donors (Lipinski definition) is 1. The van der Waals surface area contributed by atoms with Crippen LogP contribution >= 0.6 is 43.2 Å². The van der Waals surface area contributed by atoms with Gasteiger partial charge in [-0.25, -0.2) is 0 Å². The molecule has 0 saturated heterocycles. The van der Waals surface area contributed by atoms with Crippen molar-refractivity contribution in [3.05, 3.63) is 49.0 Å². The van der Waals surface area contributed by atoms with Gasteiger partial charge in [0.05, 0.1) is 9.35 Å². The zero-order chi connectivity index (χ0) is 12.4. The van der Waals surface area contributed by atoms with Crippen molar-refractivity contribution in [2.45, 2.75) is 6.92 Å². The highest BCUT2D eigenvalue weighted by Crippen LogP contribution is 2.23. The molecular formula is C12H9Br2NOS. The second-order valence-electron chi connectivity index (χ2n) is 3.56. The zero-order valence-electron chi connectivity index (χ0n) is 8.96. The molecule has 1 N–H and O–H groups in total. The van der Waals surface area contributed by atoms with Gasteiger partial charge < -0.3 is 5.32 Å². The fourth-order valence-electron chi connectivity index (χ4n) is 1.35. The van der Waals surface area contributed by atoms with E-state index in [0.29, 0.717) is 5.56 Å². The maximum Gasteiger partial charge on any atom is 0.256 e. The Morgan fingerprint density at radius 2 is 2.06 bits per heavy atom. The van der Waals surface area contributed by atoms with E-state index in [1.54, 1.807) is 0 Å². The lowest BCUT2D eigenvalue weighted by atomic mass is 10.2. The van der Waals surface area contributed by atoms with Gasteiger partial charge >= 0.3 is 0 Å². The first-order chi connectivity index (χ1) is 8.06. The first-order valence-electron chi connectivity index (χ1n) is 4.88. The number of aryl methyl sites for hydroxylation is 1. The number of amides is 1. The number of hydrogen-bond acceptors (Lipinski definition) is 2. The van der Waals surface area contributed by atoms with Crippen LogP contribution in [-0.2, 0) is 0 Å². The van der Waals surface area contributed by atoms with Gasteiger partial charge in [0.15, 0.2) is 0 Å². The molecule has 0 atom stereocenters. The number of nitrogens with one attached hydrogen (secondary N) is 1. The topological polar surface area (TPSA) is 29.1 Å². The maximum atomic E-state index is 11.9. The summed E-state index contributed by atoms with van der Waals surface area (Å²) in [5.41, 5.74) is 2.56. The van der Waals surface area contributed by atoms with E-state index in [-0.39, 0.29) is 5.91 Å². The summed E-state index contributed by atoms with van der Waals surface area (Å²) < 4.78 is 1.99. The molecule has 5 heteroatoms. The molecule has 2 rings (SSSR count). The third-order valence-electron chi connectivity index (χ3n) is 2.25. The van der Waals surface area contributed by atoms with Crippen LogP contribution in [0, 0.1) is 6.92 Å². The predicted octanol–water partition coefficient (Wildman–Crippen LogP) is 4.83. The molecule has 0 aliphatic heterocycles. The summed E-state index contributed by atoms with van der Waals surface area (Å²) in [6.45, 7) is 1.99. The van der Waals surface area contributed by atoms with Gasteiger partial charge in [-0.3, -0.25) is 4.79 Å². The number of anilines is 1. The molecule has 0 aliphatic rings. The molecule has 2 nitrogen and oxygen atoms in total. The molecule has 17 heavy (non-hydrogen) atoms. The van der Waals surface area contributed by atoms with Crippen LogP contribution in [0.1, 0.15) is 15.9 Å². The molecule has 0 spiro atoms. The third kappa shape index (κ3) is 3.18. The van der Waals surface area contributed by atoms with Gasteiger partial charge in [-0.2, -0.15) is 0 Å². The smallest absolute Gasteiger partial charge is 0.256 e. The Hall–Kier alpha value is -0.650. The molecule has 1 aromatic carbocycles. The highest BCUT2D eigenvalue weighted by atomic mass is 79.9. The van der Waals surface area contributed by atoms with Gasteiger partial charge in [-0.05, 0) is 52.7 Å². The summed E-state index contributed by atoms with van der Waals surface area (Å²) in [5, 5.41) is 4.69. The molecule has 0 aliphatic carbocycles. The quantitative estimate of drug-likeness (QED) is 0.800. The van der Waals surface area contributed by atoms with Crippen LogP contribution in [0.5, 0.6) is 0 Å². The summed E-state index contributed by atoms with van der Waals surface area (Å²) in [4.78, 5) is 11.9. The molecule has 0 bridgehead atoms. The predicted molar refractivity (Wildman–Crippen MR) is 78.9 cm³/mol. The standard InChI is InChI=1S/C12H9Br2NOS/c1-7-4-9(2-3-10(7)13)15-12(16)8-5-11(14)17-6-8/h2-6H,1H3,(H,15,16). The largest absolute Gasteiger partial charge is 0.322 e. The number of thiophene rings is 1. The Morgan fingerprint density at radius 1 is 1.29 bits per heavy atom. The number of benzene rings is 1. The summed E-state index contributed by atoms with van der Waals surface area (Å²) in [5.74, 6) is -0.0892. The molecule has 2 aromatic rings. The monoisotopic (exact) mass is 373 g/mol. The summed E-state index contributed by atoms with van der Waals surface area (Å²) in [6.07, 6.45) is 0. The van der Waals surface area contributed by atoms with E-state index in [0.717, 1.165) is 19.5 Å². The molecular weight excluding hydrogens is 366 g/mol. The van der Waals surface area contributed by atoms with Crippen molar-refractivity contribution in [1.82, 2.24) is 0 Å². The molecule has 0 radical (unpaired) electrons. The molecule has 1 aromatic heterocycles. The van der Waals surface area contributed by atoms with Crippen molar-refractivity contribution in [3.8, 4) is 0 Å². The van der Waals surface area contributed by atoms with Crippen molar-refractivity contribution in [1.29, 1.82) is 0 Å². The molecule has 1 amide bonds. The van der Waals surface area contributed by atoms with Crippen LogP contribution in [0.25, 0.3) is 0 Å². The number of carbonyl (C=O) groups excluding carboxylic acids is 1. The van der Waals surface area contributed by atoms with Crippen LogP contribution in [0.4, 0.5) is 5.69 Å². The highest BCUT2D eigenvalue weighted by Gasteiger charge is 2.08. The molecule has 0 unspecified atom stereocenters. The van der Waals surface area contributed by atoms with E-state index in [1.807, 2.05) is 36.6 Å². The van der Waals surface area contributed by atoms with E-state index in [4.69, 9.17) is 0 Å². The van der Waals surface area contributed by atoms with Crippen molar-refractivity contribution >= 4 is 54.8 Å². The Bertz CT molecular complexity index is 565. The average Bonchev–Trinajstić information content (AvgIpc) is 2.70. The molecule has 0 saturated carbocycles. The minimum absolute atomic E-state index is 0.0892. The average molecular weight is 375 g/mol. The highest BCUT2D eigenvalue weighted by molar-refractivity contribution is 9.11. The third-order valence-corrected chi connectivity index (χ3v) is 4.64. The van der Waals surface area contributed by atoms with Crippen LogP contribution in [0.15, 0.2) is 37.9 Å². The number of carbonyl (C=O) groups is 1. The first-order valence-corrected chi connectivity index (χ1v) is 7.34. The summed E-state index contributed by atoms with van der Waals surface area (Å²) in [6, 6.07) is 7.54. The minimum atomic E-state index is -0.0892. The Labute approximate surface area is 120 Å². The maximum absolute atomic E-state index is 11.9. The van der Waals surface area contributed by atoms with Crippen LogP contribution in [0.3, 0.4) is 0 Å². The van der Waals surface area contributed by atoms with Crippen LogP contribution in [-0.4, -0.2) is 5.91 Å². The van der Waals surface area contributed by atoms with E-state index < -0.39 is 0 Å². The Balaban J connectivity index is 2.15. The second kappa shape index (κ2) is 5.33. The zero-order valence-corrected chi connectivity index (χ0v) is 12.9. The van der Waals surface area contributed by atoms with Crippen molar-refractivity contribution in [2.24, 2.45) is 0 Å². The van der Waals surface area contributed by atoms with Gasteiger partial charge in [-0.15, -0.1) is 11.3 Å². The molecule has 88 valence electrons. The fourth-order valence-corrected chi connectivity index (χ4v) is 2.74. The van der Waals surface area contributed by atoms with E-state index in [1.165, 1.54) is 11.3 Å². The van der Waals surface area contributed by atoms with Gasteiger partial charge in [0, 0.05) is 15.5 Å². The Kier molecular flexibility index (Phi) is 4.01. The van der Waals surface area contributed by atoms with Gasteiger partial charge in [0.2, 0.25) is 0 Å². The lowest BCUT2D eigenvalue weighted by Gasteiger charge is -2.05. The summed E-state index contributed by atoms with van der Waals surface area (Å²) >= 11 is 8.26. The van der Waals surface area contributed by atoms with Crippen LogP contribution < -0.4 is 5.32 Å². The SMILES string of the molecule is Cc1cc(NC(=O)c2csc(Br)c2)ccc1Br. The lowest BCUT2D eigenvalue weighted by Crippen LogP contribution is -2.10. The normalized spacial score (nSPS) is 10.3. The number of rotatable bonds is 2. The van der Waals surface area contributed by atoms with Crippen LogP contribution in [0.2, 0.25) is 0 Å². The van der Waals surface area contributed by atoms with E-state index in [2.05, 4.69) is 37.2 Å². The fraction of sp³-hybridized carbons (Fsp3) is 0.0833. The lowest BCUT2D eigenvalue weighted by molar-refractivity contribution is 0.102. The molecule has 1 heterocycles. The van der Waals surface area contributed by atoms with Crippen molar-refractivity contribution in [2.75, 3.05) is 5.32 Å². The Morgan fingerprint density at radius 3 is 2.65 bits per heavy atom. The van der Waals surface area contributed by atoms with Gasteiger partial charge in [0.25, 0.3) is 5.91 Å². The summed E-state index contributed by atoms with van der Waals surface area (Å²) in [7, 11) is 0. The molecule has 0 fully saturated rings. The van der Waals surface area contributed by atoms with Gasteiger partial charge in [0.1, 0.15) is 0 Å². The minimum Gasteiger partial charge on any atom is -0.322 e. The van der Waals surface area contributed by atoms with Crippen molar-refractivity contribution < 1.29 is 4.79 Å². The van der Waals surface area contributed by atoms with E-state index in [9.17, 15) is 4.79 Å². The number of halogens is 2. The second-order valence-corrected chi connectivity index (χ2v) is 6.70. The van der Waals surface area contributed by atoms with Crippen molar-refractivity contribution in [3.63, 3.8) is 0 Å².